The molecule has 4 rings (SSSR count). The highest BCUT2D eigenvalue weighted by Crippen LogP contribution is 2.23. The van der Waals surface area contributed by atoms with Gasteiger partial charge in [-0.15, -0.1) is 0 Å². The molecule has 34 heavy (non-hydrogen) atoms. The lowest BCUT2D eigenvalue weighted by Gasteiger charge is -2.31. The number of carbonyl (C=O) groups excluding carboxylic acids is 1. The van der Waals surface area contributed by atoms with E-state index in [-0.39, 0.29) is 12.6 Å². The van der Waals surface area contributed by atoms with Gasteiger partial charge in [0.15, 0.2) is 0 Å². The first kappa shape index (κ1) is 23.9. The van der Waals surface area contributed by atoms with Crippen molar-refractivity contribution in [2.24, 2.45) is 0 Å². The molecule has 0 unspecified atom stereocenters. The second-order valence-corrected chi connectivity index (χ2v) is 9.14. The number of benzene rings is 4. The summed E-state index contributed by atoms with van der Waals surface area (Å²) in [6, 6.07) is 38.0. The number of carbonyl (C=O) groups is 1. The zero-order valence-corrected chi connectivity index (χ0v) is 20.6. The van der Waals surface area contributed by atoms with Crippen LogP contribution in [0.25, 0.3) is 0 Å². The lowest BCUT2D eigenvalue weighted by molar-refractivity contribution is -0.152. The Morgan fingerprint density at radius 3 is 1.68 bits per heavy atom. The van der Waals surface area contributed by atoms with E-state index in [2.05, 4.69) is 51.2 Å². The second-order valence-electron chi connectivity index (χ2n) is 8.28. The third-order valence-corrected chi connectivity index (χ3v) is 6.54. The summed E-state index contributed by atoms with van der Waals surface area (Å²) in [5.74, 6) is -0.216. The third kappa shape index (κ3) is 6.89. The lowest BCUT2D eigenvalue weighted by atomic mass is 10.0. The number of hydrogen-bond donors (Lipinski definition) is 0. The van der Waals surface area contributed by atoms with Gasteiger partial charge in [0.25, 0.3) is 0 Å². The minimum Gasteiger partial charge on any atom is -0.460 e. The van der Waals surface area contributed by atoms with Crippen molar-refractivity contribution in [2.75, 3.05) is 0 Å². The number of rotatable bonds is 10. The molecule has 0 saturated heterocycles. The van der Waals surface area contributed by atoms with Gasteiger partial charge in [-0.05, 0) is 34.7 Å². The van der Waals surface area contributed by atoms with E-state index < -0.39 is 6.04 Å². The molecule has 3 nitrogen and oxygen atoms in total. The first-order valence-corrected chi connectivity index (χ1v) is 12.2. The summed E-state index contributed by atoms with van der Waals surface area (Å²) in [4.78, 5) is 15.8. The average molecular weight is 514 g/mol. The van der Waals surface area contributed by atoms with Gasteiger partial charge in [-0.3, -0.25) is 9.69 Å². The molecular weight excluding hydrogens is 486 g/mol. The van der Waals surface area contributed by atoms with Gasteiger partial charge in [0.05, 0.1) is 0 Å². The summed E-state index contributed by atoms with van der Waals surface area (Å²) in [5.41, 5.74) is 4.38. The molecule has 0 aromatic heterocycles. The van der Waals surface area contributed by atoms with Crippen LogP contribution >= 0.6 is 15.9 Å². The Morgan fingerprint density at radius 2 is 1.15 bits per heavy atom. The van der Waals surface area contributed by atoms with E-state index in [1.807, 2.05) is 84.9 Å². The molecule has 0 bridgehead atoms. The smallest absolute Gasteiger partial charge is 0.324 e. The zero-order valence-electron chi connectivity index (χ0n) is 19.0. The van der Waals surface area contributed by atoms with E-state index >= 15 is 0 Å². The summed E-state index contributed by atoms with van der Waals surface area (Å²) >= 11 is 3.66. The molecule has 4 aromatic carbocycles. The van der Waals surface area contributed by atoms with Gasteiger partial charge in [-0.25, -0.2) is 0 Å². The summed E-state index contributed by atoms with van der Waals surface area (Å²) in [6.45, 7) is 1.55. The molecule has 4 aromatic rings. The van der Waals surface area contributed by atoms with Crippen LogP contribution in [0.15, 0.2) is 120 Å². The van der Waals surface area contributed by atoms with E-state index in [9.17, 15) is 4.79 Å². The molecule has 0 saturated carbocycles. The van der Waals surface area contributed by atoms with Crippen molar-refractivity contribution in [2.45, 2.75) is 32.2 Å². The maximum absolute atomic E-state index is 13.6. The van der Waals surface area contributed by atoms with Crippen LogP contribution in [0.4, 0.5) is 0 Å². The van der Waals surface area contributed by atoms with E-state index in [0.29, 0.717) is 19.5 Å². The van der Waals surface area contributed by atoms with Crippen LogP contribution in [0.3, 0.4) is 0 Å². The van der Waals surface area contributed by atoms with Crippen molar-refractivity contribution in [1.82, 2.24) is 4.90 Å². The molecule has 0 aliphatic carbocycles. The van der Waals surface area contributed by atoms with Gasteiger partial charge in [0.1, 0.15) is 12.6 Å². The first-order valence-electron chi connectivity index (χ1n) is 11.4. The minimum absolute atomic E-state index is 0.216. The predicted molar refractivity (Wildman–Crippen MR) is 140 cm³/mol. The summed E-state index contributed by atoms with van der Waals surface area (Å²) < 4.78 is 6.86. The van der Waals surface area contributed by atoms with Crippen LogP contribution in [0, 0.1) is 0 Å². The number of ether oxygens (including phenoxy) is 1. The Bertz CT molecular complexity index is 1120. The molecule has 0 aliphatic rings. The molecule has 0 heterocycles. The standard InChI is InChI=1S/C30H28BrNO2/c31-28-19-11-10-18-27(28)20-29(30(33)34-23-26-16-8-3-9-17-26)32(21-24-12-4-1-5-13-24)22-25-14-6-2-7-15-25/h1-19,29H,20-23H2/t29-/m0/s1. The molecule has 0 aliphatic heterocycles. The van der Waals surface area contributed by atoms with Crippen molar-refractivity contribution in [3.8, 4) is 0 Å². The van der Waals surface area contributed by atoms with E-state index in [1.54, 1.807) is 0 Å². The average Bonchev–Trinajstić information content (AvgIpc) is 2.88. The van der Waals surface area contributed by atoms with E-state index in [1.165, 1.54) is 0 Å². The number of halogens is 1. The monoisotopic (exact) mass is 513 g/mol. The normalized spacial score (nSPS) is 11.8. The van der Waals surface area contributed by atoms with E-state index in [4.69, 9.17) is 4.74 Å². The third-order valence-electron chi connectivity index (χ3n) is 5.76. The Labute approximate surface area is 210 Å². The van der Waals surface area contributed by atoms with E-state index in [0.717, 1.165) is 26.7 Å². The molecule has 0 radical (unpaired) electrons. The molecule has 0 N–H and O–H groups in total. The maximum Gasteiger partial charge on any atom is 0.324 e. The SMILES string of the molecule is O=C(OCc1ccccc1)[C@H](Cc1ccccc1Br)N(Cc1ccccc1)Cc1ccccc1. The van der Waals surface area contributed by atoms with Gasteiger partial charge < -0.3 is 4.74 Å². The van der Waals surface area contributed by atoms with Gasteiger partial charge in [-0.1, -0.05) is 125 Å². The highest BCUT2D eigenvalue weighted by atomic mass is 79.9. The van der Waals surface area contributed by atoms with Crippen molar-refractivity contribution in [1.29, 1.82) is 0 Å². The molecule has 0 amide bonds. The van der Waals surface area contributed by atoms with Crippen molar-refractivity contribution in [3.05, 3.63) is 142 Å². The fourth-order valence-corrected chi connectivity index (χ4v) is 4.42. The number of esters is 1. The molecule has 0 spiro atoms. The zero-order chi connectivity index (χ0) is 23.6. The summed E-state index contributed by atoms with van der Waals surface area (Å²) in [5, 5.41) is 0. The van der Waals surface area contributed by atoms with Crippen LogP contribution in [-0.2, 0) is 35.6 Å². The van der Waals surface area contributed by atoms with Gasteiger partial charge in [0, 0.05) is 17.6 Å². The molecule has 1 atom stereocenters. The van der Waals surface area contributed by atoms with Crippen LogP contribution in [-0.4, -0.2) is 16.9 Å². The van der Waals surface area contributed by atoms with Crippen LogP contribution in [0.2, 0.25) is 0 Å². The molecule has 172 valence electrons. The Hall–Kier alpha value is -3.21. The van der Waals surface area contributed by atoms with Crippen molar-refractivity contribution < 1.29 is 9.53 Å². The molecular formula is C30H28BrNO2. The first-order chi connectivity index (χ1) is 16.7. The largest absolute Gasteiger partial charge is 0.460 e. The summed E-state index contributed by atoms with van der Waals surface area (Å²) in [6.07, 6.45) is 0.550. The minimum atomic E-state index is -0.442. The lowest BCUT2D eigenvalue weighted by Crippen LogP contribution is -2.43. The quantitative estimate of drug-likeness (QED) is 0.218. The van der Waals surface area contributed by atoms with Crippen molar-refractivity contribution >= 4 is 21.9 Å². The maximum atomic E-state index is 13.6. The predicted octanol–water partition coefficient (Wildman–Crippen LogP) is 6.81. The fraction of sp³-hybridized carbons (Fsp3) is 0.167. The number of nitrogens with zero attached hydrogens (tertiary/aromatic N) is 1. The van der Waals surface area contributed by atoms with Gasteiger partial charge in [-0.2, -0.15) is 0 Å². The van der Waals surface area contributed by atoms with Crippen LogP contribution < -0.4 is 0 Å². The second kappa shape index (κ2) is 12.3. The Kier molecular flexibility index (Phi) is 8.66. The van der Waals surface area contributed by atoms with Crippen molar-refractivity contribution in [3.63, 3.8) is 0 Å². The Balaban J connectivity index is 1.63. The highest BCUT2D eigenvalue weighted by Gasteiger charge is 2.29. The number of hydrogen-bond acceptors (Lipinski definition) is 3. The van der Waals surface area contributed by atoms with Gasteiger partial charge >= 0.3 is 5.97 Å². The van der Waals surface area contributed by atoms with Crippen LogP contribution in [0.1, 0.15) is 22.3 Å². The molecule has 0 fully saturated rings. The van der Waals surface area contributed by atoms with Crippen LogP contribution in [0.5, 0.6) is 0 Å². The highest BCUT2D eigenvalue weighted by molar-refractivity contribution is 9.10. The summed E-state index contributed by atoms with van der Waals surface area (Å²) in [7, 11) is 0. The fourth-order valence-electron chi connectivity index (χ4n) is 3.97. The molecule has 4 heteroatoms. The van der Waals surface area contributed by atoms with Gasteiger partial charge in [0.2, 0.25) is 0 Å². The Morgan fingerprint density at radius 1 is 0.676 bits per heavy atom. The topological polar surface area (TPSA) is 29.5 Å².